The van der Waals surface area contributed by atoms with Crippen molar-refractivity contribution >= 4 is 17.8 Å². The Kier molecular flexibility index (Phi) is 5.41. The molecule has 0 aliphatic carbocycles. The van der Waals surface area contributed by atoms with Crippen LogP contribution < -0.4 is 0 Å². The number of aliphatic imine (C=N–C) groups is 1. The van der Waals surface area contributed by atoms with Gasteiger partial charge in [-0.3, -0.25) is 4.99 Å². The smallest absolute Gasteiger partial charge is 0.0496 e. The van der Waals surface area contributed by atoms with Crippen molar-refractivity contribution in [2.45, 2.75) is 33.1 Å². The van der Waals surface area contributed by atoms with Gasteiger partial charge < -0.3 is 0 Å². The van der Waals surface area contributed by atoms with Crippen LogP contribution in [-0.4, -0.2) is 12.8 Å². The molecule has 2 heteroatoms. The molecule has 0 bridgehead atoms. The molecule has 0 amide bonds. The number of nitrogens with zero attached hydrogens (tertiary/aromatic N) is 1. The number of aryl methyl sites for hydroxylation is 1. The van der Waals surface area contributed by atoms with Crippen molar-refractivity contribution in [1.82, 2.24) is 0 Å². The van der Waals surface area contributed by atoms with Crippen molar-refractivity contribution in [1.29, 1.82) is 0 Å². The van der Waals surface area contributed by atoms with Crippen molar-refractivity contribution in [3.8, 4) is 0 Å². The predicted molar refractivity (Wildman–Crippen MR) is 68.2 cm³/mol. The summed E-state index contributed by atoms with van der Waals surface area (Å²) in [6, 6.07) is 6.01. The van der Waals surface area contributed by atoms with Gasteiger partial charge in [-0.25, -0.2) is 0 Å². The lowest BCUT2D eigenvalue weighted by molar-refractivity contribution is 0.810. The van der Waals surface area contributed by atoms with E-state index in [1.807, 2.05) is 18.3 Å². The van der Waals surface area contributed by atoms with Crippen LogP contribution in [0, 0.1) is 0 Å². The van der Waals surface area contributed by atoms with Crippen LogP contribution in [0.4, 0.5) is 0 Å². The fraction of sp³-hybridized carbons (Fsp3) is 0.462. The number of hydrogen-bond donors (Lipinski definition) is 0. The van der Waals surface area contributed by atoms with Crippen LogP contribution in [0.2, 0.25) is 5.02 Å². The molecule has 0 aliphatic rings. The minimum absolute atomic E-state index is 0.801. The van der Waals surface area contributed by atoms with Crippen LogP contribution in [0.5, 0.6) is 0 Å². The minimum Gasteiger partial charge on any atom is -0.292 e. The van der Waals surface area contributed by atoms with Crippen LogP contribution >= 0.6 is 11.6 Å². The van der Waals surface area contributed by atoms with Crippen molar-refractivity contribution in [3.05, 3.63) is 34.3 Å². The van der Waals surface area contributed by atoms with Crippen molar-refractivity contribution < 1.29 is 0 Å². The molecular weight excluding hydrogens is 206 g/mol. The summed E-state index contributed by atoms with van der Waals surface area (Å²) >= 11 is 6.13. The Morgan fingerprint density at radius 1 is 1.33 bits per heavy atom. The maximum Gasteiger partial charge on any atom is 0.0496 e. The number of halogens is 1. The van der Waals surface area contributed by atoms with Gasteiger partial charge in [-0.05, 0) is 24.5 Å². The van der Waals surface area contributed by atoms with E-state index in [-0.39, 0.29) is 0 Å². The van der Waals surface area contributed by atoms with E-state index in [2.05, 4.69) is 24.9 Å². The molecule has 0 saturated carbocycles. The number of rotatable bonds is 5. The summed E-state index contributed by atoms with van der Waals surface area (Å²) in [5, 5.41) is 0.801. The first-order chi connectivity index (χ1) is 7.29. The quantitative estimate of drug-likeness (QED) is 0.526. The molecule has 0 unspecified atom stereocenters. The third kappa shape index (κ3) is 3.67. The molecule has 0 atom stereocenters. The molecule has 0 spiro atoms. The van der Waals surface area contributed by atoms with Gasteiger partial charge in [0.05, 0.1) is 0 Å². The summed E-state index contributed by atoms with van der Waals surface area (Å²) in [4.78, 5) is 4.39. The number of hydrogen-bond acceptors (Lipinski definition) is 1. The maximum absolute atomic E-state index is 6.13. The van der Waals surface area contributed by atoms with Gasteiger partial charge in [-0.15, -0.1) is 0 Å². The zero-order valence-electron chi connectivity index (χ0n) is 9.46. The normalized spacial score (nSPS) is 11.1. The van der Waals surface area contributed by atoms with E-state index in [9.17, 15) is 0 Å². The first-order valence-corrected chi connectivity index (χ1v) is 5.94. The second-order valence-electron chi connectivity index (χ2n) is 3.56. The van der Waals surface area contributed by atoms with Gasteiger partial charge in [0.15, 0.2) is 0 Å². The largest absolute Gasteiger partial charge is 0.292 e. The Hall–Kier alpha value is -0.820. The highest BCUT2D eigenvalue weighted by molar-refractivity contribution is 6.33. The van der Waals surface area contributed by atoms with Crippen molar-refractivity contribution in [2.24, 2.45) is 4.99 Å². The van der Waals surface area contributed by atoms with Crippen molar-refractivity contribution in [3.63, 3.8) is 0 Å². The van der Waals surface area contributed by atoms with Gasteiger partial charge in [0.1, 0.15) is 0 Å². The Labute approximate surface area is 97.2 Å². The standard InChI is InChI=1S/C13H18ClN/c1-3-5-9-15-10-12-11(4-2)7-6-8-13(12)14/h6-8,10H,3-5,9H2,1-2H3/b15-10+. The van der Waals surface area contributed by atoms with E-state index in [0.717, 1.165) is 30.0 Å². The lowest BCUT2D eigenvalue weighted by Gasteiger charge is -2.04. The van der Waals surface area contributed by atoms with E-state index in [0.29, 0.717) is 0 Å². The van der Waals surface area contributed by atoms with Crippen LogP contribution in [0.3, 0.4) is 0 Å². The first-order valence-electron chi connectivity index (χ1n) is 5.56. The highest BCUT2D eigenvalue weighted by atomic mass is 35.5. The fourth-order valence-electron chi connectivity index (χ4n) is 1.44. The van der Waals surface area contributed by atoms with Gasteiger partial charge >= 0.3 is 0 Å². The van der Waals surface area contributed by atoms with E-state index in [1.165, 1.54) is 12.0 Å². The summed E-state index contributed by atoms with van der Waals surface area (Å²) in [7, 11) is 0. The average molecular weight is 224 g/mol. The lowest BCUT2D eigenvalue weighted by atomic mass is 10.1. The second-order valence-corrected chi connectivity index (χ2v) is 3.96. The molecule has 1 aromatic carbocycles. The van der Waals surface area contributed by atoms with Crippen LogP contribution in [0.1, 0.15) is 37.8 Å². The molecule has 0 heterocycles. The molecule has 0 N–H and O–H groups in total. The van der Waals surface area contributed by atoms with E-state index >= 15 is 0 Å². The number of benzene rings is 1. The van der Waals surface area contributed by atoms with Crippen molar-refractivity contribution in [2.75, 3.05) is 6.54 Å². The maximum atomic E-state index is 6.13. The zero-order chi connectivity index (χ0) is 11.1. The lowest BCUT2D eigenvalue weighted by Crippen LogP contribution is -1.93. The van der Waals surface area contributed by atoms with E-state index < -0.39 is 0 Å². The Morgan fingerprint density at radius 2 is 2.13 bits per heavy atom. The molecule has 0 aliphatic heterocycles. The minimum atomic E-state index is 0.801. The summed E-state index contributed by atoms with van der Waals surface area (Å²) in [5.74, 6) is 0. The van der Waals surface area contributed by atoms with Crippen LogP contribution in [-0.2, 0) is 6.42 Å². The fourth-order valence-corrected chi connectivity index (χ4v) is 1.68. The van der Waals surface area contributed by atoms with Gasteiger partial charge in [-0.2, -0.15) is 0 Å². The SMILES string of the molecule is CCCC/N=C/c1c(Cl)cccc1CC. The average Bonchev–Trinajstić information content (AvgIpc) is 2.26. The van der Waals surface area contributed by atoms with Crippen LogP contribution in [0.25, 0.3) is 0 Å². The summed E-state index contributed by atoms with van der Waals surface area (Å²) in [6.07, 6.45) is 5.23. The molecule has 1 aromatic rings. The Balaban J connectivity index is 2.78. The molecule has 1 rings (SSSR count). The molecular formula is C13H18ClN. The van der Waals surface area contributed by atoms with Gasteiger partial charge in [0, 0.05) is 23.3 Å². The molecule has 82 valence electrons. The molecule has 0 fully saturated rings. The van der Waals surface area contributed by atoms with Crippen LogP contribution in [0.15, 0.2) is 23.2 Å². The summed E-state index contributed by atoms with van der Waals surface area (Å²) < 4.78 is 0. The van der Waals surface area contributed by atoms with E-state index in [1.54, 1.807) is 0 Å². The van der Waals surface area contributed by atoms with E-state index in [4.69, 9.17) is 11.6 Å². The summed E-state index contributed by atoms with van der Waals surface area (Å²) in [6.45, 7) is 5.20. The third-order valence-corrected chi connectivity index (χ3v) is 2.71. The first kappa shape index (κ1) is 12.3. The summed E-state index contributed by atoms with van der Waals surface area (Å²) in [5.41, 5.74) is 2.35. The third-order valence-electron chi connectivity index (χ3n) is 2.39. The number of unbranched alkanes of at least 4 members (excludes halogenated alkanes) is 1. The second kappa shape index (κ2) is 6.62. The monoisotopic (exact) mass is 223 g/mol. The highest BCUT2D eigenvalue weighted by Crippen LogP contribution is 2.18. The zero-order valence-corrected chi connectivity index (χ0v) is 10.2. The predicted octanol–water partition coefficient (Wildman–Crippen LogP) is 4.12. The van der Waals surface area contributed by atoms with Gasteiger partial charge in [0.25, 0.3) is 0 Å². The van der Waals surface area contributed by atoms with Gasteiger partial charge in [0.2, 0.25) is 0 Å². The highest BCUT2D eigenvalue weighted by Gasteiger charge is 2.01. The molecule has 0 radical (unpaired) electrons. The molecule has 0 saturated heterocycles. The van der Waals surface area contributed by atoms with Gasteiger partial charge in [-0.1, -0.05) is 44.0 Å². The topological polar surface area (TPSA) is 12.4 Å². The Morgan fingerprint density at radius 3 is 2.80 bits per heavy atom. The molecule has 15 heavy (non-hydrogen) atoms. The molecule has 1 nitrogen and oxygen atoms in total. The Bertz CT molecular complexity index is 331. The molecule has 0 aromatic heterocycles.